The molecule has 0 aliphatic carbocycles. The van der Waals surface area contributed by atoms with Gasteiger partial charge in [0.05, 0.1) is 30.4 Å². The second-order valence-corrected chi connectivity index (χ2v) is 13.5. The molecule has 1 N–H and O–H groups in total. The molecular weight excluding hydrogens is 565 g/mol. The van der Waals surface area contributed by atoms with E-state index >= 15 is 0 Å². The van der Waals surface area contributed by atoms with Crippen molar-refractivity contribution in [3.8, 4) is 11.3 Å². The summed E-state index contributed by atoms with van der Waals surface area (Å²) in [5.74, 6) is -1.05. The highest BCUT2D eigenvalue weighted by atomic mass is 35.5. The Labute approximate surface area is 248 Å². The summed E-state index contributed by atoms with van der Waals surface area (Å²) in [5.41, 5.74) is 2.13. The smallest absolute Gasteiger partial charge is 0.306 e. The fourth-order valence-electron chi connectivity index (χ4n) is 5.69. The van der Waals surface area contributed by atoms with E-state index in [9.17, 15) is 19.1 Å². The van der Waals surface area contributed by atoms with E-state index in [4.69, 9.17) is 16.6 Å². The first kappa shape index (κ1) is 29.5. The molecule has 1 aromatic carbocycles. The quantitative estimate of drug-likeness (QED) is 0.312. The number of halogens is 2. The monoisotopic (exact) mass is 599 g/mol. The summed E-state index contributed by atoms with van der Waals surface area (Å²) in [4.78, 5) is 43.4. The zero-order chi connectivity index (χ0) is 29.3. The lowest BCUT2D eigenvalue weighted by Gasteiger charge is -2.37. The van der Waals surface area contributed by atoms with E-state index in [0.29, 0.717) is 65.1 Å². The third kappa shape index (κ3) is 6.93. The van der Waals surface area contributed by atoms with Crippen molar-refractivity contribution in [2.75, 3.05) is 31.1 Å². The molecule has 41 heavy (non-hydrogen) atoms. The second-order valence-electron chi connectivity index (χ2n) is 11.9. The van der Waals surface area contributed by atoms with Gasteiger partial charge in [0.15, 0.2) is 5.78 Å². The van der Waals surface area contributed by atoms with Crippen LogP contribution in [0.15, 0.2) is 24.5 Å². The number of ketones is 1. The predicted molar refractivity (Wildman–Crippen MR) is 158 cm³/mol. The fourth-order valence-corrected chi connectivity index (χ4v) is 7.03. The number of carbonyl (C=O) groups excluding carboxylic acids is 1. The molecule has 11 heteroatoms. The van der Waals surface area contributed by atoms with Crippen LogP contribution in [0.4, 0.5) is 10.2 Å². The highest BCUT2D eigenvalue weighted by molar-refractivity contribution is 7.12. The average Bonchev–Trinajstić information content (AvgIpc) is 3.32. The summed E-state index contributed by atoms with van der Waals surface area (Å²) < 4.78 is 14.7. The van der Waals surface area contributed by atoms with E-state index in [1.807, 2.05) is 4.90 Å². The van der Waals surface area contributed by atoms with Crippen LogP contribution in [0.2, 0.25) is 5.02 Å². The number of anilines is 1. The van der Waals surface area contributed by atoms with Crippen LogP contribution in [-0.2, 0) is 17.8 Å². The van der Waals surface area contributed by atoms with Crippen molar-refractivity contribution < 1.29 is 19.1 Å². The molecule has 3 aromatic rings. The Hall–Kier alpha value is -2.95. The van der Waals surface area contributed by atoms with E-state index in [0.717, 1.165) is 24.4 Å². The molecule has 4 heterocycles. The number of thiazole rings is 1. The number of carboxylic acids is 1. The first-order valence-corrected chi connectivity index (χ1v) is 15.2. The van der Waals surface area contributed by atoms with Gasteiger partial charge in [-0.3, -0.25) is 14.5 Å². The van der Waals surface area contributed by atoms with Gasteiger partial charge in [-0.25, -0.2) is 19.3 Å². The molecule has 2 aromatic heterocycles. The van der Waals surface area contributed by atoms with E-state index in [-0.39, 0.29) is 35.0 Å². The van der Waals surface area contributed by atoms with Gasteiger partial charge in [-0.15, -0.1) is 11.3 Å². The lowest BCUT2D eigenvalue weighted by molar-refractivity contribution is -0.142. The molecule has 8 nitrogen and oxygen atoms in total. The number of aliphatic carboxylic acids is 1. The maximum atomic E-state index is 14.7. The number of aromatic nitrogens is 3. The topological polar surface area (TPSA) is 99.5 Å². The van der Waals surface area contributed by atoms with Crippen molar-refractivity contribution in [2.24, 2.45) is 11.3 Å². The summed E-state index contributed by atoms with van der Waals surface area (Å²) >= 11 is 7.81. The third-order valence-corrected chi connectivity index (χ3v) is 9.48. The number of likely N-dealkylation sites (tertiary alicyclic amines) is 1. The minimum atomic E-state index is -0.763. The highest BCUT2D eigenvalue weighted by Crippen LogP contribution is 2.36. The molecule has 0 atom stereocenters. The first-order chi connectivity index (χ1) is 19.5. The zero-order valence-electron chi connectivity index (χ0n) is 23.6. The van der Waals surface area contributed by atoms with E-state index in [2.05, 4.69) is 28.7 Å². The fraction of sp³-hybridized carbons (Fsp3) is 0.500. The van der Waals surface area contributed by atoms with Crippen molar-refractivity contribution in [3.63, 3.8) is 0 Å². The van der Waals surface area contributed by atoms with Gasteiger partial charge in [0, 0.05) is 47.2 Å². The number of rotatable bonds is 8. The van der Waals surface area contributed by atoms with Crippen LogP contribution in [-0.4, -0.2) is 62.9 Å². The lowest BCUT2D eigenvalue weighted by Crippen LogP contribution is -2.39. The van der Waals surface area contributed by atoms with Gasteiger partial charge in [-0.05, 0) is 56.7 Å². The normalized spacial score (nSPS) is 18.0. The van der Waals surface area contributed by atoms with E-state index in [1.165, 1.54) is 30.0 Å². The maximum Gasteiger partial charge on any atom is 0.306 e. The molecule has 2 fully saturated rings. The number of hydrogen-bond acceptors (Lipinski definition) is 8. The van der Waals surface area contributed by atoms with Crippen molar-refractivity contribution >= 4 is 40.5 Å². The Bertz CT molecular complexity index is 1410. The predicted octanol–water partition coefficient (Wildman–Crippen LogP) is 6.05. The van der Waals surface area contributed by atoms with Crippen molar-refractivity contribution in [3.05, 3.63) is 56.5 Å². The zero-order valence-corrected chi connectivity index (χ0v) is 25.2. The largest absolute Gasteiger partial charge is 0.481 e. The average molecular weight is 600 g/mol. The Kier molecular flexibility index (Phi) is 8.73. The molecule has 0 unspecified atom stereocenters. The summed E-state index contributed by atoms with van der Waals surface area (Å²) in [6.07, 6.45) is 6.50. The van der Waals surface area contributed by atoms with Gasteiger partial charge in [-0.2, -0.15) is 0 Å². The van der Waals surface area contributed by atoms with Gasteiger partial charge in [-0.1, -0.05) is 25.4 Å². The molecule has 2 aliphatic heterocycles. The first-order valence-electron chi connectivity index (χ1n) is 14.0. The van der Waals surface area contributed by atoms with Crippen LogP contribution >= 0.6 is 22.9 Å². The van der Waals surface area contributed by atoms with Crippen LogP contribution in [0.3, 0.4) is 0 Å². The Morgan fingerprint density at radius 2 is 1.93 bits per heavy atom. The van der Waals surface area contributed by atoms with Gasteiger partial charge < -0.3 is 10.0 Å². The molecule has 0 spiro atoms. The molecule has 0 bridgehead atoms. The summed E-state index contributed by atoms with van der Waals surface area (Å²) in [5, 5.41) is 10.2. The summed E-state index contributed by atoms with van der Waals surface area (Å²) in [6.45, 7) is 9.97. The SMILES string of the molecule is Cc1c(F)cc(-c2nc(CC(=O)c3cnc(N4CCC(C(=O)O)CC4)cn3)sc2CN2CCCC(C)(C)C2)cc1Cl. The third-order valence-electron chi connectivity index (χ3n) is 8.05. The summed E-state index contributed by atoms with van der Waals surface area (Å²) in [7, 11) is 0. The number of piperidine rings is 2. The maximum absolute atomic E-state index is 14.7. The van der Waals surface area contributed by atoms with Crippen LogP contribution in [0.1, 0.15) is 65.5 Å². The Morgan fingerprint density at radius 1 is 1.17 bits per heavy atom. The number of nitrogens with zero attached hydrogens (tertiary/aromatic N) is 5. The molecule has 5 rings (SSSR count). The number of Topliss-reactive ketones (excluding diaryl/α,β-unsaturated/α-hetero) is 1. The number of carbonyl (C=O) groups is 2. The molecule has 0 amide bonds. The van der Waals surface area contributed by atoms with E-state index < -0.39 is 5.97 Å². The van der Waals surface area contributed by atoms with E-state index in [1.54, 1.807) is 19.2 Å². The molecule has 218 valence electrons. The second kappa shape index (κ2) is 12.1. The van der Waals surface area contributed by atoms with Crippen molar-refractivity contribution in [1.82, 2.24) is 19.9 Å². The van der Waals surface area contributed by atoms with Gasteiger partial charge in [0.1, 0.15) is 22.3 Å². The minimum absolute atomic E-state index is 0.0588. The van der Waals surface area contributed by atoms with Crippen molar-refractivity contribution in [1.29, 1.82) is 0 Å². The van der Waals surface area contributed by atoms with Gasteiger partial charge in [0.25, 0.3) is 0 Å². The van der Waals surface area contributed by atoms with Crippen LogP contribution in [0.5, 0.6) is 0 Å². The number of hydrogen-bond donors (Lipinski definition) is 1. The standard InChI is InChI=1S/C30H35ClFN5O3S/c1-18-21(31)11-20(12-22(18)32)28-25(16-36-8-4-7-30(2,3)17-36)41-27(35-28)13-24(38)23-14-34-26(15-33-23)37-9-5-19(6-10-37)29(39)40/h11-12,14-15,19H,4-10,13,16-17H2,1-3H3,(H,39,40). The Balaban J connectivity index is 1.34. The number of carboxylic acid groups (broad SMARTS) is 1. The minimum Gasteiger partial charge on any atom is -0.481 e. The molecule has 2 aliphatic rings. The number of benzene rings is 1. The molecule has 0 radical (unpaired) electrons. The van der Waals surface area contributed by atoms with Gasteiger partial charge >= 0.3 is 5.97 Å². The highest BCUT2D eigenvalue weighted by Gasteiger charge is 2.29. The molecular formula is C30H35ClFN5O3S. The molecule has 0 saturated carbocycles. The lowest BCUT2D eigenvalue weighted by atomic mass is 9.84. The van der Waals surface area contributed by atoms with Crippen molar-refractivity contribution in [2.45, 2.75) is 59.4 Å². The summed E-state index contributed by atoms with van der Waals surface area (Å²) in [6, 6.07) is 3.21. The van der Waals surface area contributed by atoms with Crippen LogP contribution in [0.25, 0.3) is 11.3 Å². The molecule has 2 saturated heterocycles. The Morgan fingerprint density at radius 3 is 2.56 bits per heavy atom. The van der Waals surface area contributed by atoms with Gasteiger partial charge in [0.2, 0.25) is 0 Å². The van der Waals surface area contributed by atoms with Crippen LogP contribution < -0.4 is 4.90 Å². The van der Waals surface area contributed by atoms with Crippen LogP contribution in [0, 0.1) is 24.1 Å².